The summed E-state index contributed by atoms with van der Waals surface area (Å²) in [5, 5.41) is 4.33. The number of carbonyl (C=O) groups excluding carboxylic acids is 2. The highest BCUT2D eigenvalue weighted by Crippen LogP contribution is 2.26. The fourth-order valence-corrected chi connectivity index (χ4v) is 7.34. The van der Waals surface area contributed by atoms with E-state index in [1.807, 2.05) is 0 Å². The first kappa shape index (κ1) is 29.9. The Hall–Kier alpha value is -5.42. The third kappa shape index (κ3) is 5.11. The van der Waals surface area contributed by atoms with Gasteiger partial charge in [-0.25, -0.2) is 39.5 Å². The standard InChI is InChI=1S/C31H26N10O5S2/c1-17-5-4-10-39(17)21-14-35-23-25(43)19(16-41(27(23)37-21)31-33-7-12-48-31)29(45)46-28(44)18-15-40(30-32-6-11-47-30)26-22(24(18)42)34-13-20(36-26)38-8-2-3-9-38/h6-7,11-17H,2-5,8-10H2,1H3. The average molecular weight is 683 g/mol. The van der Waals surface area contributed by atoms with E-state index < -0.39 is 33.9 Å². The number of carbonyl (C=O) groups is 2. The Morgan fingerprint density at radius 3 is 1.79 bits per heavy atom. The van der Waals surface area contributed by atoms with Crippen molar-refractivity contribution in [3.05, 3.63) is 79.5 Å². The second-order valence-electron chi connectivity index (χ2n) is 11.5. The molecule has 17 heteroatoms. The molecule has 2 saturated heterocycles. The molecule has 8 rings (SSSR count). The fourth-order valence-electron chi connectivity index (χ4n) is 6.11. The van der Waals surface area contributed by atoms with Gasteiger partial charge in [0.15, 0.2) is 32.6 Å². The molecule has 15 nitrogen and oxygen atoms in total. The van der Waals surface area contributed by atoms with Crippen LogP contribution in [0.5, 0.6) is 0 Å². The molecule has 6 aromatic rings. The molecule has 2 fully saturated rings. The second-order valence-corrected chi connectivity index (χ2v) is 13.2. The number of nitrogens with zero attached hydrogens (tertiary/aromatic N) is 10. The van der Waals surface area contributed by atoms with Crippen LogP contribution in [0.15, 0.2) is 57.5 Å². The van der Waals surface area contributed by atoms with Gasteiger partial charge in [0, 0.05) is 61.2 Å². The maximum atomic E-state index is 13.6. The van der Waals surface area contributed by atoms with Crippen LogP contribution in [0.3, 0.4) is 0 Å². The van der Waals surface area contributed by atoms with Crippen molar-refractivity contribution >= 4 is 68.6 Å². The number of anilines is 2. The van der Waals surface area contributed by atoms with Gasteiger partial charge >= 0.3 is 11.9 Å². The molecule has 0 aromatic carbocycles. The van der Waals surface area contributed by atoms with Gasteiger partial charge in [-0.05, 0) is 32.6 Å². The Balaban J connectivity index is 1.19. The Morgan fingerprint density at radius 2 is 1.29 bits per heavy atom. The molecule has 8 heterocycles. The molecule has 242 valence electrons. The molecule has 0 aliphatic carbocycles. The first-order valence-corrected chi connectivity index (χ1v) is 17.1. The first-order chi connectivity index (χ1) is 23.4. The molecule has 0 N–H and O–H groups in total. The van der Waals surface area contributed by atoms with Gasteiger partial charge in [0.05, 0.1) is 12.4 Å². The molecule has 1 atom stereocenters. The number of rotatable bonds is 6. The summed E-state index contributed by atoms with van der Waals surface area (Å²) >= 11 is 2.53. The number of esters is 2. The van der Waals surface area contributed by atoms with Gasteiger partial charge < -0.3 is 14.5 Å². The van der Waals surface area contributed by atoms with Crippen LogP contribution in [0.2, 0.25) is 0 Å². The van der Waals surface area contributed by atoms with Crippen LogP contribution in [0.1, 0.15) is 53.3 Å². The maximum absolute atomic E-state index is 13.6. The largest absolute Gasteiger partial charge is 0.385 e. The van der Waals surface area contributed by atoms with Crippen LogP contribution in [-0.4, -0.2) is 76.7 Å². The molecule has 0 spiro atoms. The maximum Gasteiger partial charge on any atom is 0.351 e. The summed E-state index contributed by atoms with van der Waals surface area (Å²) in [5.41, 5.74) is -2.26. The van der Waals surface area contributed by atoms with Crippen molar-refractivity contribution in [2.45, 2.75) is 38.6 Å². The van der Waals surface area contributed by atoms with Gasteiger partial charge in [-0.2, -0.15) is 0 Å². The number of hydrogen-bond donors (Lipinski definition) is 0. The van der Waals surface area contributed by atoms with E-state index in [1.165, 1.54) is 56.6 Å². The zero-order valence-corrected chi connectivity index (χ0v) is 27.1. The lowest BCUT2D eigenvalue weighted by Gasteiger charge is -2.22. The molecule has 0 amide bonds. The van der Waals surface area contributed by atoms with Gasteiger partial charge in [0.2, 0.25) is 10.9 Å². The van der Waals surface area contributed by atoms with E-state index in [2.05, 4.69) is 36.7 Å². The minimum Gasteiger partial charge on any atom is -0.385 e. The number of thiazole rings is 2. The highest BCUT2D eigenvalue weighted by molar-refractivity contribution is 7.12. The van der Waals surface area contributed by atoms with Crippen LogP contribution >= 0.6 is 22.7 Å². The first-order valence-electron chi connectivity index (χ1n) is 15.3. The summed E-state index contributed by atoms with van der Waals surface area (Å²) in [7, 11) is 0. The van der Waals surface area contributed by atoms with Crippen molar-refractivity contribution in [3.63, 3.8) is 0 Å². The lowest BCUT2D eigenvalue weighted by Crippen LogP contribution is -2.29. The number of pyridine rings is 2. The topological polar surface area (TPSA) is 171 Å². The molecule has 0 radical (unpaired) electrons. The van der Waals surface area contributed by atoms with E-state index in [-0.39, 0.29) is 28.4 Å². The molecule has 0 saturated carbocycles. The van der Waals surface area contributed by atoms with Gasteiger partial charge in [0.25, 0.3) is 0 Å². The van der Waals surface area contributed by atoms with Crippen LogP contribution < -0.4 is 20.7 Å². The van der Waals surface area contributed by atoms with Gasteiger partial charge in [-0.1, -0.05) is 0 Å². The van der Waals surface area contributed by atoms with Gasteiger partial charge in [-0.15, -0.1) is 22.7 Å². The van der Waals surface area contributed by atoms with Crippen molar-refractivity contribution in [3.8, 4) is 10.3 Å². The van der Waals surface area contributed by atoms with Crippen LogP contribution in [-0.2, 0) is 4.74 Å². The Labute approximate surface area is 279 Å². The van der Waals surface area contributed by atoms with Crippen molar-refractivity contribution in [2.75, 3.05) is 29.4 Å². The molecule has 1 unspecified atom stereocenters. The Morgan fingerprint density at radius 1 is 0.750 bits per heavy atom. The third-order valence-electron chi connectivity index (χ3n) is 8.53. The fraction of sp³-hybridized carbons (Fsp3) is 0.290. The van der Waals surface area contributed by atoms with Crippen LogP contribution in [0.4, 0.5) is 11.6 Å². The lowest BCUT2D eigenvalue weighted by molar-refractivity contribution is 0.0395. The molecule has 6 aromatic heterocycles. The predicted molar refractivity (Wildman–Crippen MR) is 179 cm³/mol. The summed E-state index contributed by atoms with van der Waals surface area (Å²) in [4.78, 5) is 85.4. The number of hydrogen-bond acceptors (Lipinski definition) is 15. The minimum absolute atomic E-state index is 0.0923. The quantitative estimate of drug-likeness (QED) is 0.185. The number of fused-ring (bicyclic) bond motifs is 2. The predicted octanol–water partition coefficient (Wildman–Crippen LogP) is 3.37. The monoisotopic (exact) mass is 682 g/mol. The normalized spacial score (nSPS) is 16.3. The molecule has 2 aliphatic heterocycles. The lowest BCUT2D eigenvalue weighted by atomic mass is 10.2. The Bertz CT molecular complexity index is 2330. The zero-order valence-electron chi connectivity index (χ0n) is 25.5. The summed E-state index contributed by atoms with van der Waals surface area (Å²) < 4.78 is 8.17. The highest BCUT2D eigenvalue weighted by atomic mass is 32.1. The zero-order chi connectivity index (χ0) is 32.9. The summed E-state index contributed by atoms with van der Waals surface area (Å²) in [5.74, 6) is -1.31. The van der Waals surface area contributed by atoms with Crippen LogP contribution in [0.25, 0.3) is 32.6 Å². The van der Waals surface area contributed by atoms with Crippen molar-refractivity contribution in [1.82, 2.24) is 39.0 Å². The SMILES string of the molecule is CC1CCCN1c1cnc2c(=O)c(C(=O)OC(=O)c3cn(-c4nccs4)c4nc(N5CCCC5)cnc4c3=O)cn(-c3nccs3)c2n1. The smallest absolute Gasteiger partial charge is 0.351 e. The third-order valence-corrected chi connectivity index (χ3v) is 10.1. The summed E-state index contributed by atoms with van der Waals surface area (Å²) in [6, 6.07) is 0.255. The number of aromatic nitrogens is 8. The Kier molecular flexibility index (Phi) is 7.48. The van der Waals surface area contributed by atoms with E-state index in [9.17, 15) is 19.2 Å². The molecular weight excluding hydrogens is 657 g/mol. The molecular formula is C31H26N10O5S2. The summed E-state index contributed by atoms with van der Waals surface area (Å²) in [6.45, 7) is 4.54. The van der Waals surface area contributed by atoms with E-state index in [4.69, 9.17) is 14.7 Å². The molecule has 2 aliphatic rings. The van der Waals surface area contributed by atoms with Crippen molar-refractivity contribution in [1.29, 1.82) is 0 Å². The van der Waals surface area contributed by atoms with E-state index >= 15 is 0 Å². The van der Waals surface area contributed by atoms with Crippen LogP contribution in [0, 0.1) is 0 Å². The number of ether oxygens (including phenoxy) is 1. The summed E-state index contributed by atoms with van der Waals surface area (Å²) in [6.07, 6.45) is 12.7. The van der Waals surface area contributed by atoms with E-state index in [0.717, 1.165) is 45.3 Å². The minimum atomic E-state index is -1.26. The average Bonchev–Trinajstić information content (AvgIpc) is 3.94. The van der Waals surface area contributed by atoms with Gasteiger partial charge in [-0.3, -0.25) is 18.7 Å². The second kappa shape index (κ2) is 12.0. The molecule has 48 heavy (non-hydrogen) atoms. The van der Waals surface area contributed by atoms with E-state index in [0.29, 0.717) is 21.9 Å². The van der Waals surface area contributed by atoms with Crippen molar-refractivity contribution in [2.24, 2.45) is 0 Å². The highest BCUT2D eigenvalue weighted by Gasteiger charge is 2.28. The van der Waals surface area contributed by atoms with Gasteiger partial charge in [0.1, 0.15) is 22.8 Å². The molecule has 0 bridgehead atoms. The van der Waals surface area contributed by atoms with Crippen molar-refractivity contribution < 1.29 is 14.3 Å². The van der Waals surface area contributed by atoms with E-state index in [1.54, 1.807) is 23.2 Å².